The molecule has 0 bridgehead atoms. The van der Waals surface area contributed by atoms with Crippen molar-refractivity contribution in [1.29, 1.82) is 0 Å². The van der Waals surface area contributed by atoms with Crippen LogP contribution in [0.2, 0.25) is 0 Å². The van der Waals surface area contributed by atoms with Crippen LogP contribution in [0.3, 0.4) is 0 Å². The Bertz CT molecular complexity index is 1180. The first-order valence-electron chi connectivity index (χ1n) is 10.6. The number of ether oxygens (including phenoxy) is 1. The van der Waals surface area contributed by atoms with Crippen molar-refractivity contribution in [1.82, 2.24) is 15.0 Å². The Hall–Kier alpha value is -3.34. The highest BCUT2D eigenvalue weighted by molar-refractivity contribution is 8.01. The number of benzene rings is 2. The second kappa shape index (κ2) is 10.5. The van der Waals surface area contributed by atoms with E-state index >= 15 is 0 Å². The van der Waals surface area contributed by atoms with E-state index in [9.17, 15) is 27.9 Å². The van der Waals surface area contributed by atoms with Crippen LogP contribution in [0.4, 0.5) is 13.2 Å². The maximum absolute atomic E-state index is 12.7. The highest BCUT2D eigenvalue weighted by Crippen LogP contribution is 2.33. The molecule has 0 saturated heterocycles. The Labute approximate surface area is 204 Å². The molecule has 0 saturated carbocycles. The van der Waals surface area contributed by atoms with Crippen molar-refractivity contribution in [3.63, 3.8) is 0 Å². The van der Waals surface area contributed by atoms with Gasteiger partial charge < -0.3 is 9.84 Å². The van der Waals surface area contributed by atoms with Crippen molar-refractivity contribution in [2.45, 2.75) is 55.7 Å². The van der Waals surface area contributed by atoms with Gasteiger partial charge in [0.2, 0.25) is 0 Å². The number of aliphatic carboxylic acids is 1. The molecule has 0 spiro atoms. The van der Waals surface area contributed by atoms with E-state index < -0.39 is 34.5 Å². The standard InChI is InChI=1S/C24H24F3N3O4S/c1-15(34-21(31)17-6-10-20(11-7-17)35-23(2,3)22(32)33)12-19-14-30(29-28-19)13-16-4-8-18(9-5-16)24(25,26)27/h4-11,14-15H,12-13H2,1-3H3,(H,32,33)/t15-/m1/s1. The third-order valence-electron chi connectivity index (χ3n) is 4.99. The van der Waals surface area contributed by atoms with E-state index in [4.69, 9.17) is 4.74 Å². The van der Waals surface area contributed by atoms with Crippen molar-refractivity contribution < 1.29 is 32.6 Å². The zero-order valence-electron chi connectivity index (χ0n) is 19.2. The fourth-order valence-corrected chi connectivity index (χ4v) is 4.03. The third-order valence-corrected chi connectivity index (χ3v) is 6.19. The summed E-state index contributed by atoms with van der Waals surface area (Å²) < 4.78 is 44.0. The van der Waals surface area contributed by atoms with Crippen LogP contribution in [0.1, 0.15) is 48.0 Å². The van der Waals surface area contributed by atoms with E-state index in [0.29, 0.717) is 28.1 Å². The largest absolute Gasteiger partial charge is 0.480 e. The molecular formula is C24H24F3N3O4S. The minimum atomic E-state index is -4.38. The summed E-state index contributed by atoms with van der Waals surface area (Å²) in [5.74, 6) is -1.46. The second-order valence-electron chi connectivity index (χ2n) is 8.46. The quantitative estimate of drug-likeness (QED) is 0.319. The fraction of sp³-hybridized carbons (Fsp3) is 0.333. The maximum Gasteiger partial charge on any atom is 0.416 e. The minimum Gasteiger partial charge on any atom is -0.480 e. The van der Waals surface area contributed by atoms with Gasteiger partial charge in [-0.25, -0.2) is 9.48 Å². The Morgan fingerprint density at radius 1 is 1.09 bits per heavy atom. The third kappa shape index (κ3) is 7.32. The van der Waals surface area contributed by atoms with Crippen LogP contribution in [-0.4, -0.2) is 42.9 Å². The topological polar surface area (TPSA) is 94.3 Å². The maximum atomic E-state index is 12.7. The number of carboxylic acids is 1. The molecule has 186 valence electrons. The van der Waals surface area contributed by atoms with Crippen molar-refractivity contribution >= 4 is 23.7 Å². The van der Waals surface area contributed by atoms with E-state index in [1.165, 1.54) is 28.6 Å². The first-order valence-corrected chi connectivity index (χ1v) is 11.4. The number of aromatic nitrogens is 3. The second-order valence-corrected chi connectivity index (χ2v) is 10.2. The zero-order valence-corrected chi connectivity index (χ0v) is 20.1. The minimum absolute atomic E-state index is 0.252. The molecule has 0 aliphatic rings. The molecule has 3 aromatic rings. The molecule has 7 nitrogen and oxygen atoms in total. The number of halogens is 3. The van der Waals surface area contributed by atoms with Gasteiger partial charge in [-0.3, -0.25) is 4.79 Å². The Kier molecular flexibility index (Phi) is 7.89. The van der Waals surface area contributed by atoms with E-state index in [0.717, 1.165) is 12.1 Å². The first-order chi connectivity index (χ1) is 16.3. The number of hydrogen-bond donors (Lipinski definition) is 1. The Morgan fingerprint density at radius 3 is 2.29 bits per heavy atom. The average molecular weight is 508 g/mol. The van der Waals surface area contributed by atoms with Gasteiger partial charge in [0.15, 0.2) is 0 Å². The molecule has 0 fully saturated rings. The normalized spacial score (nSPS) is 12.9. The molecule has 0 aliphatic carbocycles. The van der Waals surface area contributed by atoms with Crippen molar-refractivity contribution in [2.75, 3.05) is 0 Å². The van der Waals surface area contributed by atoms with Gasteiger partial charge in [0, 0.05) is 17.5 Å². The highest BCUT2D eigenvalue weighted by Gasteiger charge is 2.30. The molecule has 1 atom stereocenters. The molecule has 0 radical (unpaired) electrons. The number of nitrogens with zero attached hydrogens (tertiary/aromatic N) is 3. The Morgan fingerprint density at radius 2 is 1.71 bits per heavy atom. The average Bonchev–Trinajstić information content (AvgIpc) is 3.20. The summed E-state index contributed by atoms with van der Waals surface area (Å²) in [6.45, 7) is 5.17. The van der Waals surface area contributed by atoms with Gasteiger partial charge in [-0.15, -0.1) is 16.9 Å². The van der Waals surface area contributed by atoms with Gasteiger partial charge in [0.25, 0.3) is 0 Å². The number of thioether (sulfide) groups is 1. The van der Waals surface area contributed by atoms with Crippen LogP contribution in [0, 0.1) is 0 Å². The van der Waals surface area contributed by atoms with E-state index in [-0.39, 0.29) is 6.54 Å². The van der Waals surface area contributed by atoms with Gasteiger partial charge >= 0.3 is 18.1 Å². The van der Waals surface area contributed by atoms with Gasteiger partial charge in [0.05, 0.1) is 23.4 Å². The fourth-order valence-electron chi connectivity index (χ4n) is 3.08. The van der Waals surface area contributed by atoms with Gasteiger partial charge in [0.1, 0.15) is 10.9 Å². The molecule has 1 aromatic heterocycles. The summed E-state index contributed by atoms with van der Waals surface area (Å²) in [5.41, 5.74) is 0.830. The number of alkyl halides is 3. The highest BCUT2D eigenvalue weighted by atomic mass is 32.2. The predicted octanol–water partition coefficient (Wildman–Crippen LogP) is 5.09. The van der Waals surface area contributed by atoms with Crippen molar-refractivity contribution in [2.24, 2.45) is 0 Å². The lowest BCUT2D eigenvalue weighted by Crippen LogP contribution is -2.26. The lowest BCUT2D eigenvalue weighted by molar-refractivity contribution is -0.139. The number of hydrogen-bond acceptors (Lipinski definition) is 6. The molecule has 2 aromatic carbocycles. The lowest BCUT2D eigenvalue weighted by atomic mass is 10.1. The van der Waals surface area contributed by atoms with Crippen LogP contribution >= 0.6 is 11.8 Å². The van der Waals surface area contributed by atoms with E-state index in [1.54, 1.807) is 51.2 Å². The first kappa shape index (κ1) is 26.3. The Balaban J connectivity index is 1.53. The van der Waals surface area contributed by atoms with Crippen molar-refractivity contribution in [3.8, 4) is 0 Å². The smallest absolute Gasteiger partial charge is 0.416 e. The molecule has 35 heavy (non-hydrogen) atoms. The molecule has 1 N–H and O–H groups in total. The molecule has 0 aliphatic heterocycles. The molecular weight excluding hydrogens is 483 g/mol. The summed E-state index contributed by atoms with van der Waals surface area (Å²) in [6, 6.07) is 11.3. The molecule has 11 heteroatoms. The van der Waals surface area contributed by atoms with Gasteiger partial charge in [-0.1, -0.05) is 17.3 Å². The predicted molar refractivity (Wildman–Crippen MR) is 123 cm³/mol. The molecule has 3 rings (SSSR count). The van der Waals surface area contributed by atoms with Gasteiger partial charge in [-0.05, 0) is 62.7 Å². The number of carbonyl (C=O) groups is 2. The molecule has 0 unspecified atom stereocenters. The summed E-state index contributed by atoms with van der Waals surface area (Å²) in [4.78, 5) is 24.4. The lowest BCUT2D eigenvalue weighted by Gasteiger charge is -2.18. The van der Waals surface area contributed by atoms with Crippen LogP contribution in [0.5, 0.6) is 0 Å². The van der Waals surface area contributed by atoms with Crippen LogP contribution < -0.4 is 0 Å². The molecule has 1 heterocycles. The van der Waals surface area contributed by atoms with E-state index in [1.807, 2.05) is 0 Å². The number of carboxylic acid groups (broad SMARTS) is 1. The number of carbonyl (C=O) groups excluding carboxylic acids is 1. The van der Waals surface area contributed by atoms with Crippen molar-refractivity contribution in [3.05, 3.63) is 77.1 Å². The monoisotopic (exact) mass is 507 g/mol. The van der Waals surface area contributed by atoms with Crippen LogP contribution in [-0.2, 0) is 28.7 Å². The molecule has 0 amide bonds. The summed E-state index contributed by atoms with van der Waals surface area (Å²) >= 11 is 1.18. The summed E-state index contributed by atoms with van der Waals surface area (Å²) in [5, 5.41) is 17.3. The summed E-state index contributed by atoms with van der Waals surface area (Å²) in [7, 11) is 0. The number of esters is 1. The summed E-state index contributed by atoms with van der Waals surface area (Å²) in [6.07, 6.45) is -2.93. The SMILES string of the molecule is C[C@H](Cc1cn(Cc2ccc(C(F)(F)F)cc2)nn1)OC(=O)c1ccc(SC(C)(C)C(=O)O)cc1. The zero-order chi connectivity index (χ0) is 25.8. The van der Waals surface area contributed by atoms with Gasteiger partial charge in [-0.2, -0.15) is 13.2 Å². The van der Waals surface area contributed by atoms with Crippen LogP contribution in [0.15, 0.2) is 59.6 Å². The van der Waals surface area contributed by atoms with Crippen LogP contribution in [0.25, 0.3) is 0 Å². The van der Waals surface area contributed by atoms with E-state index in [2.05, 4.69) is 10.3 Å². The number of rotatable bonds is 9.